The highest BCUT2D eigenvalue weighted by molar-refractivity contribution is 7.60. The normalized spacial score (nSPS) is 14.4. The van der Waals surface area contributed by atoms with Gasteiger partial charge in [0.25, 0.3) is 5.91 Å². The van der Waals surface area contributed by atoms with Crippen molar-refractivity contribution in [2.45, 2.75) is 52.0 Å². The Bertz CT molecular complexity index is 1270. The van der Waals surface area contributed by atoms with Crippen LogP contribution in [0.1, 0.15) is 56.5 Å². The van der Waals surface area contributed by atoms with Gasteiger partial charge in [0.2, 0.25) is 5.91 Å². The quantitative estimate of drug-likeness (QED) is 0.0295. The lowest BCUT2D eigenvalue weighted by Crippen LogP contribution is -2.55. The van der Waals surface area contributed by atoms with Crippen LogP contribution in [0.3, 0.4) is 0 Å². The maximum atomic E-state index is 13.0. The molecule has 2 aromatic rings. The van der Waals surface area contributed by atoms with Gasteiger partial charge in [0.15, 0.2) is 12.4 Å². The number of hydroxylamine groups is 3. The summed E-state index contributed by atoms with van der Waals surface area (Å²) < 4.78 is 21.4. The van der Waals surface area contributed by atoms with Crippen molar-refractivity contribution in [3.05, 3.63) is 36.1 Å². The molecule has 0 aliphatic carbocycles. The second-order valence-electron chi connectivity index (χ2n) is 9.61. The molecule has 41 heavy (non-hydrogen) atoms. The average molecular weight is 599 g/mol. The fourth-order valence-corrected chi connectivity index (χ4v) is 4.98. The summed E-state index contributed by atoms with van der Waals surface area (Å²) in [5.74, 6) is -3.35. The number of hydrogen-bond acceptors (Lipinski definition) is 8. The van der Waals surface area contributed by atoms with Gasteiger partial charge in [-0.2, -0.15) is 0 Å². The number of carbonyl (C=O) groups excluding carboxylic acids is 3. The monoisotopic (exact) mass is 598 g/mol. The van der Waals surface area contributed by atoms with E-state index in [1.54, 1.807) is 6.92 Å². The Balaban J connectivity index is 2.14. The Labute approximate surface area is 237 Å². The number of amides is 3. The van der Waals surface area contributed by atoms with E-state index in [4.69, 9.17) is 14.3 Å². The Morgan fingerprint density at radius 1 is 1.12 bits per heavy atom. The number of carboxylic acids is 1. The summed E-state index contributed by atoms with van der Waals surface area (Å²) in [4.78, 5) is 67.1. The lowest BCUT2D eigenvalue weighted by molar-refractivity contribution is -1.04. The van der Waals surface area contributed by atoms with Crippen molar-refractivity contribution in [2.75, 3.05) is 20.3 Å². The van der Waals surface area contributed by atoms with Crippen LogP contribution in [0.2, 0.25) is 0 Å². The first-order chi connectivity index (χ1) is 19.2. The van der Waals surface area contributed by atoms with Crippen LogP contribution < -0.4 is 20.7 Å². The number of rotatable bonds is 17. The largest absolute Gasteiger partial charge is 0.482 e. The zero-order chi connectivity index (χ0) is 30.8. The number of unbranched alkanes of at least 4 members (excludes halogenated alkanes) is 2. The van der Waals surface area contributed by atoms with Crippen molar-refractivity contribution in [3.63, 3.8) is 0 Å². The lowest BCUT2D eigenvalue weighted by Gasteiger charge is -2.32. The molecule has 2 rings (SSSR count). The minimum atomic E-state index is -4.74. The Hall–Kier alpha value is -3.55. The molecule has 1 aromatic heterocycles. The molecule has 3 atom stereocenters. The zero-order valence-electron chi connectivity index (χ0n) is 23.1. The minimum Gasteiger partial charge on any atom is -0.482 e. The predicted octanol–water partition coefficient (Wildman–Crippen LogP) is 1.98. The summed E-state index contributed by atoms with van der Waals surface area (Å²) in [6.07, 6.45) is 3.70. The average Bonchev–Trinajstić information content (AvgIpc) is 3.41. The second kappa shape index (κ2) is 14.9. The molecule has 0 fully saturated rings. The molecule has 0 spiro atoms. The molecule has 3 amide bonds. The van der Waals surface area contributed by atoms with Gasteiger partial charge in [-0.25, -0.2) is 14.8 Å². The highest BCUT2D eigenvalue weighted by Crippen LogP contribution is 2.37. The van der Waals surface area contributed by atoms with Gasteiger partial charge in [-0.05, 0) is 36.8 Å². The lowest BCUT2D eigenvalue weighted by atomic mass is 9.89. The Morgan fingerprint density at radius 2 is 1.83 bits per heavy atom. The van der Waals surface area contributed by atoms with Gasteiger partial charge in [0.1, 0.15) is 24.6 Å². The summed E-state index contributed by atoms with van der Waals surface area (Å²) in [7, 11) is -3.43. The summed E-state index contributed by atoms with van der Waals surface area (Å²) in [5.41, 5.74) is 0.124. The molecule has 14 nitrogen and oxygen atoms in total. The van der Waals surface area contributed by atoms with Gasteiger partial charge in [-0.1, -0.05) is 33.1 Å². The van der Waals surface area contributed by atoms with Crippen LogP contribution >= 0.6 is 7.60 Å². The third kappa shape index (κ3) is 9.80. The molecule has 0 radical (unpaired) electrons. The summed E-state index contributed by atoms with van der Waals surface area (Å²) >= 11 is 0. The van der Waals surface area contributed by atoms with E-state index in [1.165, 1.54) is 25.2 Å². The molecule has 0 aliphatic heterocycles. The Morgan fingerprint density at radius 3 is 2.41 bits per heavy atom. The number of carbonyl (C=O) groups is 4. The maximum Gasteiger partial charge on any atom is 0.356 e. The number of aliphatic carboxylic acids is 1. The molecular formula is C26H37N3O11P+. The second-order valence-corrected chi connectivity index (χ2v) is 11.2. The molecule has 226 valence electrons. The first kappa shape index (κ1) is 33.7. The molecule has 1 aromatic carbocycles. The van der Waals surface area contributed by atoms with Gasteiger partial charge in [-0.15, -0.1) is 4.65 Å². The number of ether oxygens (including phenoxy) is 1. The topological polar surface area (TPSA) is 213 Å². The first-order valence-electron chi connectivity index (χ1n) is 13.0. The van der Waals surface area contributed by atoms with E-state index in [0.29, 0.717) is 19.3 Å². The van der Waals surface area contributed by atoms with E-state index in [0.717, 1.165) is 31.4 Å². The third-order valence-electron chi connectivity index (χ3n) is 6.44. The van der Waals surface area contributed by atoms with Gasteiger partial charge >= 0.3 is 20.0 Å². The fourth-order valence-electron chi connectivity index (χ4n) is 4.38. The number of carboxylic acid groups (broad SMARTS) is 1. The minimum absolute atomic E-state index is 0.0466. The SMILES string of the molecule is CCCCC[C@@H](C(=O)NCNC(=O)c1ccc(-c2cc(OCC(=O)O)cc(P(=O)(O)O)c2)o1)[C@@H](CC)[N+](C)(O)C=O. The molecule has 6 N–H and O–H groups in total. The molecule has 15 heteroatoms. The van der Waals surface area contributed by atoms with Crippen molar-refractivity contribution in [1.29, 1.82) is 0 Å². The number of quaternary nitrogens is 1. The van der Waals surface area contributed by atoms with E-state index in [9.17, 15) is 38.7 Å². The van der Waals surface area contributed by atoms with E-state index < -0.39 is 53.9 Å². The van der Waals surface area contributed by atoms with Crippen LogP contribution in [-0.2, 0) is 18.9 Å². The van der Waals surface area contributed by atoms with Gasteiger partial charge < -0.3 is 34.7 Å². The van der Waals surface area contributed by atoms with Crippen LogP contribution in [-0.4, -0.2) is 75.3 Å². The maximum absolute atomic E-state index is 13.0. The molecule has 0 aliphatic rings. The summed E-state index contributed by atoms with van der Waals surface area (Å²) in [6.45, 7) is 2.77. The summed E-state index contributed by atoms with van der Waals surface area (Å²) in [5, 5.41) is 24.0. The van der Waals surface area contributed by atoms with Crippen LogP contribution in [0.5, 0.6) is 5.75 Å². The van der Waals surface area contributed by atoms with E-state index in [1.807, 2.05) is 6.92 Å². The van der Waals surface area contributed by atoms with Crippen molar-refractivity contribution in [1.82, 2.24) is 10.6 Å². The van der Waals surface area contributed by atoms with Gasteiger partial charge in [-0.3, -0.25) is 14.2 Å². The standard InChI is InChI=1S/C26H36N3O11P/c1-4-6-7-8-20(21(5-2)29(3,35)16-30)25(33)27-15-28-26(34)23-10-9-22(40-23)17-11-18(39-14-24(31)32)13-19(12-17)41(36,37)38/h9-13,16,20-21,35H,4-8,14-15H2,1-3H3,(H4-,27,28,31,32,33,34,36,37,38)/p+1/t20-,21-,29?/m1/s1. The summed E-state index contributed by atoms with van der Waals surface area (Å²) in [6, 6.07) is 5.46. The van der Waals surface area contributed by atoms with Crippen molar-refractivity contribution >= 4 is 37.1 Å². The van der Waals surface area contributed by atoms with Gasteiger partial charge in [0.05, 0.1) is 17.9 Å². The highest BCUT2D eigenvalue weighted by Gasteiger charge is 2.40. The van der Waals surface area contributed by atoms with Crippen LogP contribution in [0.25, 0.3) is 11.3 Å². The highest BCUT2D eigenvalue weighted by atomic mass is 31.2. The van der Waals surface area contributed by atoms with Crippen LogP contribution in [0.4, 0.5) is 0 Å². The smallest absolute Gasteiger partial charge is 0.356 e. The number of nitrogens with zero attached hydrogens (tertiary/aromatic N) is 1. The predicted molar refractivity (Wildman–Crippen MR) is 145 cm³/mol. The van der Waals surface area contributed by atoms with Gasteiger partial charge in [0, 0.05) is 12.0 Å². The van der Waals surface area contributed by atoms with Crippen LogP contribution in [0, 0.1) is 5.92 Å². The molecule has 0 bridgehead atoms. The third-order valence-corrected chi connectivity index (χ3v) is 7.37. The molecule has 0 saturated heterocycles. The van der Waals surface area contributed by atoms with E-state index >= 15 is 0 Å². The van der Waals surface area contributed by atoms with E-state index in [-0.39, 0.29) is 29.5 Å². The van der Waals surface area contributed by atoms with E-state index in [2.05, 4.69) is 10.6 Å². The molecule has 1 heterocycles. The van der Waals surface area contributed by atoms with Crippen molar-refractivity contribution in [3.8, 4) is 17.1 Å². The number of nitrogens with one attached hydrogen (secondary N) is 2. The molecular weight excluding hydrogens is 561 g/mol. The Kier molecular flexibility index (Phi) is 12.2. The number of benzene rings is 1. The first-order valence-corrected chi connectivity index (χ1v) is 14.6. The van der Waals surface area contributed by atoms with Crippen molar-refractivity contribution < 1.29 is 57.6 Å². The zero-order valence-corrected chi connectivity index (χ0v) is 24.0. The number of furan rings is 1. The van der Waals surface area contributed by atoms with Crippen LogP contribution in [0.15, 0.2) is 34.7 Å². The number of hydrogen-bond donors (Lipinski definition) is 6. The molecule has 1 unspecified atom stereocenters. The van der Waals surface area contributed by atoms with Crippen molar-refractivity contribution in [2.24, 2.45) is 5.92 Å². The molecule has 0 saturated carbocycles. The fraction of sp³-hybridized carbons (Fsp3) is 0.462.